The average molecular weight is 471 g/mol. The summed E-state index contributed by atoms with van der Waals surface area (Å²) in [5.41, 5.74) is 0.248. The van der Waals surface area contributed by atoms with Crippen LogP contribution >= 0.6 is 0 Å². The van der Waals surface area contributed by atoms with E-state index in [1.807, 2.05) is 30.2 Å². The molecule has 6 rings (SSSR count). The molecule has 0 radical (unpaired) electrons. The lowest BCUT2D eigenvalue weighted by Crippen LogP contribution is -2.50. The van der Waals surface area contributed by atoms with Crippen LogP contribution in [0.2, 0.25) is 0 Å². The van der Waals surface area contributed by atoms with Crippen molar-refractivity contribution < 1.29 is 4.79 Å². The second kappa shape index (κ2) is 7.97. The molecular weight excluding hydrogens is 444 g/mol. The first kappa shape index (κ1) is 21.4. The van der Waals surface area contributed by atoms with Crippen LogP contribution in [-0.2, 0) is 5.66 Å². The summed E-state index contributed by atoms with van der Waals surface area (Å²) in [5, 5.41) is 2.89. The first-order chi connectivity index (χ1) is 17.0. The largest absolute Gasteiger partial charge is 0.354 e. The van der Waals surface area contributed by atoms with E-state index in [1.165, 1.54) is 9.25 Å². The third-order valence-corrected chi connectivity index (χ3v) is 7.08. The molecule has 3 aliphatic rings. The fraction of sp³-hybridized carbons (Fsp3) is 0.308. The highest BCUT2D eigenvalue weighted by molar-refractivity contribution is 6.06. The van der Waals surface area contributed by atoms with Gasteiger partial charge in [0.05, 0.1) is 18.3 Å². The van der Waals surface area contributed by atoms with Gasteiger partial charge < -0.3 is 4.90 Å². The van der Waals surface area contributed by atoms with Crippen LogP contribution in [0.5, 0.6) is 0 Å². The number of carbonyl (C=O) groups is 1. The van der Waals surface area contributed by atoms with Gasteiger partial charge in [0.1, 0.15) is 0 Å². The van der Waals surface area contributed by atoms with Crippen molar-refractivity contribution in [2.24, 2.45) is 4.99 Å². The Hall–Kier alpha value is -4.14. The molecule has 1 spiro atoms. The van der Waals surface area contributed by atoms with Crippen molar-refractivity contribution in [2.75, 3.05) is 13.6 Å². The van der Waals surface area contributed by atoms with Gasteiger partial charge in [0.25, 0.3) is 5.91 Å². The highest BCUT2D eigenvalue weighted by Gasteiger charge is 2.48. The van der Waals surface area contributed by atoms with Crippen LogP contribution in [0, 0.1) is 0 Å². The summed E-state index contributed by atoms with van der Waals surface area (Å²) in [7, 11) is 1.83. The van der Waals surface area contributed by atoms with Crippen LogP contribution in [0.25, 0.3) is 5.69 Å². The van der Waals surface area contributed by atoms with Gasteiger partial charge in [-0.1, -0.05) is 42.8 Å². The number of hydrogen-bond acceptors (Lipinski definition) is 5. The number of para-hydroxylation sites is 1. The van der Waals surface area contributed by atoms with E-state index in [-0.39, 0.29) is 17.6 Å². The zero-order valence-corrected chi connectivity index (χ0v) is 19.4. The molecule has 1 aliphatic carbocycles. The van der Waals surface area contributed by atoms with Gasteiger partial charge in [-0.05, 0) is 55.2 Å². The molecule has 9 nitrogen and oxygen atoms in total. The van der Waals surface area contributed by atoms with Crippen molar-refractivity contribution in [2.45, 2.75) is 37.4 Å². The Morgan fingerprint density at radius 2 is 1.71 bits per heavy atom. The number of aromatic nitrogens is 3. The molecular formula is C26H26N6O3. The Morgan fingerprint density at radius 1 is 1.00 bits per heavy atom. The molecule has 1 aromatic heterocycles. The van der Waals surface area contributed by atoms with Gasteiger partial charge in [-0.15, -0.1) is 0 Å². The SMILES string of the molecule is CN1C[C@]2(C=C3CCCCC3n3c(=O)n(-c4ccccc4)c(=O)n32)N=C1NC(=O)c1ccccc1. The number of nitrogens with zero attached hydrogens (tertiary/aromatic N) is 5. The average Bonchev–Trinajstić information content (AvgIpc) is 3.33. The predicted octanol–water partition coefficient (Wildman–Crippen LogP) is 2.24. The number of aliphatic imine (C=N–C) groups is 1. The summed E-state index contributed by atoms with van der Waals surface area (Å²) in [5.74, 6) is 0.0853. The Balaban J connectivity index is 1.51. The summed E-state index contributed by atoms with van der Waals surface area (Å²) in [6.07, 6.45) is 5.73. The first-order valence-corrected chi connectivity index (χ1v) is 11.9. The number of benzene rings is 2. The molecule has 1 fully saturated rings. The van der Waals surface area contributed by atoms with Gasteiger partial charge in [-0.3, -0.25) is 10.1 Å². The molecule has 1 saturated carbocycles. The minimum absolute atomic E-state index is 0.164. The van der Waals surface area contributed by atoms with Crippen molar-refractivity contribution in [3.05, 3.63) is 98.8 Å². The molecule has 2 aromatic carbocycles. The third kappa shape index (κ3) is 3.30. The minimum atomic E-state index is -1.12. The van der Waals surface area contributed by atoms with Gasteiger partial charge in [0.15, 0.2) is 5.66 Å². The van der Waals surface area contributed by atoms with Crippen LogP contribution in [-0.4, -0.2) is 44.3 Å². The summed E-state index contributed by atoms with van der Waals surface area (Å²) in [6, 6.07) is 17.7. The number of nitrogens with one attached hydrogen (secondary N) is 1. The Labute approximate surface area is 201 Å². The zero-order chi connectivity index (χ0) is 24.2. The highest BCUT2D eigenvalue weighted by atomic mass is 16.2. The number of allylic oxidation sites excluding steroid dienone is 1. The number of amides is 1. The first-order valence-electron chi connectivity index (χ1n) is 11.9. The monoisotopic (exact) mass is 470 g/mol. The summed E-state index contributed by atoms with van der Waals surface area (Å²) < 4.78 is 4.33. The van der Waals surface area contributed by atoms with E-state index >= 15 is 0 Å². The van der Waals surface area contributed by atoms with Gasteiger partial charge in [-0.25, -0.2) is 23.8 Å². The van der Waals surface area contributed by atoms with E-state index in [0.29, 0.717) is 23.8 Å². The van der Waals surface area contributed by atoms with Crippen LogP contribution in [0.4, 0.5) is 0 Å². The summed E-state index contributed by atoms with van der Waals surface area (Å²) in [6.45, 7) is 0.325. The standard InChI is InChI=1S/C26H26N6O3/c1-29-17-26(28-23(29)27-22(33)18-10-4-2-5-11-18)16-19-12-8-9-15-21(19)31-24(34)30(25(35)32(26)31)20-13-6-3-7-14-20/h2-7,10-11,13-14,16,21H,8-9,12,15,17H2,1H3,(H,27,28,33)/t21?,26-/m1/s1. The van der Waals surface area contributed by atoms with E-state index in [2.05, 4.69) is 5.32 Å². The second-order valence-electron chi connectivity index (χ2n) is 9.36. The van der Waals surface area contributed by atoms with E-state index in [0.717, 1.165) is 31.3 Å². The molecule has 3 aromatic rings. The van der Waals surface area contributed by atoms with Gasteiger partial charge >= 0.3 is 11.4 Å². The van der Waals surface area contributed by atoms with Crippen LogP contribution in [0.15, 0.2) is 86.9 Å². The normalized spacial score (nSPS) is 22.9. The van der Waals surface area contributed by atoms with Gasteiger partial charge in [0, 0.05) is 12.6 Å². The number of likely N-dealkylation sites (N-methyl/N-ethyl adjacent to an activating group) is 1. The third-order valence-electron chi connectivity index (χ3n) is 7.08. The van der Waals surface area contributed by atoms with Crippen LogP contribution in [0.3, 0.4) is 0 Å². The van der Waals surface area contributed by atoms with Crippen LogP contribution in [0.1, 0.15) is 42.1 Å². The number of hydrogen-bond donors (Lipinski definition) is 1. The topological polar surface area (TPSA) is 93.6 Å². The lowest BCUT2D eigenvalue weighted by molar-refractivity contribution is 0.0973. The second-order valence-corrected chi connectivity index (χ2v) is 9.36. The number of fused-ring (bicyclic) bond motifs is 4. The maximum Gasteiger partial charge on any atom is 0.354 e. The molecule has 178 valence electrons. The number of guanidine groups is 1. The fourth-order valence-corrected chi connectivity index (χ4v) is 5.51. The molecule has 9 heteroatoms. The summed E-state index contributed by atoms with van der Waals surface area (Å²) in [4.78, 5) is 47.1. The van der Waals surface area contributed by atoms with Crippen molar-refractivity contribution in [1.82, 2.24) is 24.1 Å². The van der Waals surface area contributed by atoms with Crippen LogP contribution < -0.4 is 16.7 Å². The number of carbonyl (C=O) groups excluding carboxylic acids is 1. The molecule has 3 heterocycles. The van der Waals surface area contributed by atoms with Gasteiger partial charge in [0.2, 0.25) is 5.96 Å². The maximum atomic E-state index is 13.8. The molecule has 1 amide bonds. The van der Waals surface area contributed by atoms with E-state index in [9.17, 15) is 14.4 Å². The lowest BCUT2D eigenvalue weighted by atomic mass is 9.86. The Kier molecular flexibility index (Phi) is 4.87. The lowest BCUT2D eigenvalue weighted by Gasteiger charge is -2.38. The van der Waals surface area contributed by atoms with Gasteiger partial charge in [-0.2, -0.15) is 4.68 Å². The molecule has 0 saturated heterocycles. The highest BCUT2D eigenvalue weighted by Crippen LogP contribution is 2.41. The molecule has 35 heavy (non-hydrogen) atoms. The van der Waals surface area contributed by atoms with Crippen molar-refractivity contribution in [3.8, 4) is 5.69 Å². The van der Waals surface area contributed by atoms with Crippen molar-refractivity contribution in [1.29, 1.82) is 0 Å². The predicted molar refractivity (Wildman–Crippen MR) is 132 cm³/mol. The molecule has 2 aliphatic heterocycles. The van der Waals surface area contributed by atoms with Crippen molar-refractivity contribution in [3.63, 3.8) is 0 Å². The quantitative estimate of drug-likeness (QED) is 0.582. The van der Waals surface area contributed by atoms with E-state index in [1.54, 1.807) is 53.2 Å². The Morgan fingerprint density at radius 3 is 2.46 bits per heavy atom. The molecule has 1 unspecified atom stereocenters. The number of rotatable bonds is 2. The fourth-order valence-electron chi connectivity index (χ4n) is 5.51. The zero-order valence-electron chi connectivity index (χ0n) is 19.4. The molecule has 0 bridgehead atoms. The van der Waals surface area contributed by atoms with E-state index < -0.39 is 11.4 Å². The minimum Gasteiger partial charge on any atom is -0.341 e. The maximum absolute atomic E-state index is 13.8. The molecule has 2 atom stereocenters. The molecule has 1 N–H and O–H groups in total. The van der Waals surface area contributed by atoms with E-state index in [4.69, 9.17) is 4.99 Å². The Bertz CT molecular complexity index is 1480. The van der Waals surface area contributed by atoms with Crippen molar-refractivity contribution >= 4 is 11.9 Å². The smallest absolute Gasteiger partial charge is 0.341 e. The summed E-state index contributed by atoms with van der Waals surface area (Å²) >= 11 is 0.